The molecule has 0 radical (unpaired) electrons. The van der Waals surface area contributed by atoms with Crippen LogP contribution >= 0.6 is 0 Å². The molecule has 0 spiro atoms. The summed E-state index contributed by atoms with van der Waals surface area (Å²) in [6.07, 6.45) is 2.77. The van der Waals surface area contributed by atoms with Gasteiger partial charge < -0.3 is 9.64 Å². The van der Waals surface area contributed by atoms with E-state index in [2.05, 4.69) is 6.58 Å². The number of hydrogen-bond donors (Lipinski definition) is 0. The van der Waals surface area contributed by atoms with Gasteiger partial charge in [0.05, 0.1) is 7.11 Å². The number of fused-ring (bicyclic) bond motifs is 1. The summed E-state index contributed by atoms with van der Waals surface area (Å²) in [7, 11) is 1.35. The van der Waals surface area contributed by atoms with Crippen molar-refractivity contribution in [2.24, 2.45) is 0 Å². The van der Waals surface area contributed by atoms with Gasteiger partial charge in [0.25, 0.3) is 0 Å². The number of rotatable bonds is 3. The third kappa shape index (κ3) is 2.52. The largest absolute Gasteiger partial charge is 0.467 e. The van der Waals surface area contributed by atoms with Gasteiger partial charge in [-0.2, -0.15) is 0 Å². The first kappa shape index (κ1) is 13.3. The molecule has 1 aliphatic rings. The average Bonchev–Trinajstić information content (AvgIpc) is 2.60. The van der Waals surface area contributed by atoms with Crippen LogP contribution in [0.2, 0.25) is 0 Å². The number of ether oxygens (including phenoxy) is 1. The number of carbonyl (C=O) groups is 2. The fourth-order valence-corrected chi connectivity index (χ4v) is 2.39. The van der Waals surface area contributed by atoms with Crippen LogP contribution in [-0.2, 0) is 9.53 Å². The Kier molecular flexibility index (Phi) is 4.00. The Bertz CT molecular complexity index is 510. The standard InChI is InChI=1S/C15H17NO3/c1-3-12(15(18)19-2)16-10-6-9-14(17)11-7-4-5-8-13(11)16/h3-5,7-8,12H,1,6,9-10H2,2H3. The maximum atomic E-state index is 12.0. The fourth-order valence-electron chi connectivity index (χ4n) is 2.39. The topological polar surface area (TPSA) is 46.6 Å². The van der Waals surface area contributed by atoms with Gasteiger partial charge in [-0.3, -0.25) is 4.79 Å². The molecule has 100 valence electrons. The van der Waals surface area contributed by atoms with Crippen molar-refractivity contribution in [3.63, 3.8) is 0 Å². The molecule has 1 unspecified atom stereocenters. The molecule has 1 aromatic rings. The van der Waals surface area contributed by atoms with Crippen molar-refractivity contribution in [3.05, 3.63) is 42.5 Å². The van der Waals surface area contributed by atoms with E-state index in [9.17, 15) is 9.59 Å². The SMILES string of the molecule is C=CC(C(=O)OC)N1CCCC(=O)c2ccccc21. The van der Waals surface area contributed by atoms with Crippen LogP contribution in [0.15, 0.2) is 36.9 Å². The van der Waals surface area contributed by atoms with E-state index in [1.165, 1.54) is 7.11 Å². The van der Waals surface area contributed by atoms with Gasteiger partial charge in [0, 0.05) is 24.2 Å². The number of anilines is 1. The number of ketones is 1. The molecule has 0 saturated carbocycles. The molecule has 0 fully saturated rings. The molecule has 0 aromatic heterocycles. The zero-order chi connectivity index (χ0) is 13.8. The van der Waals surface area contributed by atoms with E-state index >= 15 is 0 Å². The van der Waals surface area contributed by atoms with Crippen LogP contribution in [-0.4, -0.2) is 31.4 Å². The monoisotopic (exact) mass is 259 g/mol. The molecule has 0 saturated heterocycles. The van der Waals surface area contributed by atoms with Crippen LogP contribution in [0.25, 0.3) is 0 Å². The maximum absolute atomic E-state index is 12.0. The summed E-state index contributed by atoms with van der Waals surface area (Å²) in [6.45, 7) is 4.33. The lowest BCUT2D eigenvalue weighted by Crippen LogP contribution is -2.41. The predicted molar refractivity (Wildman–Crippen MR) is 73.4 cm³/mol. The minimum absolute atomic E-state index is 0.116. The van der Waals surface area contributed by atoms with Crippen LogP contribution in [0.3, 0.4) is 0 Å². The Labute approximate surface area is 112 Å². The number of Topliss-reactive ketones (excluding diaryl/α,β-unsaturated/α-hetero) is 1. The number of esters is 1. The van der Waals surface area contributed by atoms with Gasteiger partial charge >= 0.3 is 5.97 Å². The second-order valence-corrected chi connectivity index (χ2v) is 4.44. The molecule has 1 aliphatic heterocycles. The van der Waals surface area contributed by atoms with Crippen molar-refractivity contribution in [2.75, 3.05) is 18.6 Å². The lowest BCUT2D eigenvalue weighted by molar-refractivity contribution is -0.141. The van der Waals surface area contributed by atoms with E-state index in [0.717, 1.165) is 12.1 Å². The van der Waals surface area contributed by atoms with E-state index < -0.39 is 6.04 Å². The highest BCUT2D eigenvalue weighted by molar-refractivity contribution is 6.02. The Morgan fingerprint density at radius 3 is 2.89 bits per heavy atom. The van der Waals surface area contributed by atoms with Crippen molar-refractivity contribution in [1.29, 1.82) is 0 Å². The molecule has 0 bridgehead atoms. The Morgan fingerprint density at radius 2 is 2.21 bits per heavy atom. The number of hydrogen-bond acceptors (Lipinski definition) is 4. The maximum Gasteiger partial charge on any atom is 0.332 e. The molecule has 19 heavy (non-hydrogen) atoms. The molecule has 1 aromatic carbocycles. The van der Waals surface area contributed by atoms with Crippen molar-refractivity contribution in [2.45, 2.75) is 18.9 Å². The van der Waals surface area contributed by atoms with E-state index in [0.29, 0.717) is 18.5 Å². The van der Waals surface area contributed by atoms with Gasteiger partial charge in [-0.05, 0) is 18.6 Å². The Morgan fingerprint density at radius 1 is 1.47 bits per heavy atom. The molecule has 4 heteroatoms. The Balaban J connectivity index is 2.45. The van der Waals surface area contributed by atoms with Gasteiger partial charge in [-0.25, -0.2) is 4.79 Å². The van der Waals surface area contributed by atoms with Gasteiger partial charge in [0.2, 0.25) is 0 Å². The van der Waals surface area contributed by atoms with Crippen molar-refractivity contribution in [1.82, 2.24) is 0 Å². The first-order valence-electron chi connectivity index (χ1n) is 6.28. The molecule has 0 aliphatic carbocycles. The summed E-state index contributed by atoms with van der Waals surface area (Å²) in [4.78, 5) is 25.7. The second kappa shape index (κ2) is 5.69. The lowest BCUT2D eigenvalue weighted by atomic mass is 10.1. The highest BCUT2D eigenvalue weighted by Crippen LogP contribution is 2.28. The first-order valence-corrected chi connectivity index (χ1v) is 6.28. The Hall–Kier alpha value is -2.10. The van der Waals surface area contributed by atoms with E-state index in [1.54, 1.807) is 12.1 Å². The zero-order valence-electron chi connectivity index (χ0n) is 11.0. The minimum atomic E-state index is -0.558. The van der Waals surface area contributed by atoms with Gasteiger partial charge in [0.1, 0.15) is 6.04 Å². The lowest BCUT2D eigenvalue weighted by Gasteiger charge is -2.29. The van der Waals surface area contributed by atoms with Crippen LogP contribution in [0, 0.1) is 0 Å². The molecule has 1 atom stereocenters. The van der Waals surface area contributed by atoms with Gasteiger partial charge in [-0.1, -0.05) is 18.2 Å². The van der Waals surface area contributed by atoms with Gasteiger partial charge in [-0.15, -0.1) is 6.58 Å². The molecule has 0 amide bonds. The summed E-state index contributed by atoms with van der Waals surface area (Å²) in [5.41, 5.74) is 1.44. The van der Waals surface area contributed by atoms with Crippen molar-refractivity contribution >= 4 is 17.4 Å². The number of methoxy groups -OCH3 is 1. The highest BCUT2D eigenvalue weighted by atomic mass is 16.5. The summed E-state index contributed by atoms with van der Waals surface area (Å²) in [5, 5.41) is 0. The predicted octanol–water partition coefficient (Wildman–Crippen LogP) is 2.20. The number of benzene rings is 1. The first-order chi connectivity index (χ1) is 9.19. The van der Waals surface area contributed by atoms with E-state index in [-0.39, 0.29) is 11.8 Å². The van der Waals surface area contributed by atoms with Crippen molar-refractivity contribution in [3.8, 4) is 0 Å². The smallest absolute Gasteiger partial charge is 0.332 e. The molecular formula is C15H17NO3. The summed E-state index contributed by atoms with van der Waals surface area (Å²) >= 11 is 0. The zero-order valence-corrected chi connectivity index (χ0v) is 11.0. The van der Waals surface area contributed by atoms with E-state index in [1.807, 2.05) is 23.1 Å². The molecular weight excluding hydrogens is 242 g/mol. The molecule has 4 nitrogen and oxygen atoms in total. The number of para-hydroxylation sites is 1. The van der Waals surface area contributed by atoms with E-state index in [4.69, 9.17) is 4.74 Å². The third-order valence-corrected chi connectivity index (χ3v) is 3.32. The average molecular weight is 259 g/mol. The quantitative estimate of drug-likeness (QED) is 0.616. The summed E-state index contributed by atoms with van der Waals surface area (Å²) in [6, 6.07) is 6.80. The number of nitrogens with zero attached hydrogens (tertiary/aromatic N) is 1. The highest BCUT2D eigenvalue weighted by Gasteiger charge is 2.29. The minimum Gasteiger partial charge on any atom is -0.467 e. The fraction of sp³-hybridized carbons (Fsp3) is 0.333. The van der Waals surface area contributed by atoms with Crippen LogP contribution in [0.1, 0.15) is 23.2 Å². The van der Waals surface area contributed by atoms with Crippen LogP contribution in [0.5, 0.6) is 0 Å². The second-order valence-electron chi connectivity index (χ2n) is 4.44. The molecule has 1 heterocycles. The van der Waals surface area contributed by atoms with Crippen LogP contribution in [0.4, 0.5) is 5.69 Å². The van der Waals surface area contributed by atoms with Crippen molar-refractivity contribution < 1.29 is 14.3 Å². The third-order valence-electron chi connectivity index (χ3n) is 3.32. The molecule has 0 N–H and O–H groups in total. The summed E-state index contributed by atoms with van der Waals surface area (Å²) in [5.74, 6) is -0.245. The van der Waals surface area contributed by atoms with Gasteiger partial charge in [0.15, 0.2) is 5.78 Å². The number of carbonyl (C=O) groups excluding carboxylic acids is 2. The molecule has 2 rings (SSSR count). The normalized spacial score (nSPS) is 16.3. The summed E-state index contributed by atoms with van der Waals surface area (Å²) < 4.78 is 4.80. The van der Waals surface area contributed by atoms with Crippen LogP contribution < -0.4 is 4.90 Å².